The van der Waals surface area contributed by atoms with Gasteiger partial charge in [0.05, 0.1) is 0 Å². The van der Waals surface area contributed by atoms with Crippen molar-refractivity contribution in [2.24, 2.45) is 0 Å². The lowest BCUT2D eigenvalue weighted by molar-refractivity contribution is 0.314. The van der Waals surface area contributed by atoms with Gasteiger partial charge in [-0.1, -0.05) is 6.07 Å². The third kappa shape index (κ3) is 2.98. The summed E-state index contributed by atoms with van der Waals surface area (Å²) in [5.74, 6) is 3.64. The number of rotatable bonds is 4. The summed E-state index contributed by atoms with van der Waals surface area (Å²) in [5.41, 5.74) is 2.77. The Bertz CT molecular complexity index is 402. The molecule has 18 heavy (non-hydrogen) atoms. The summed E-state index contributed by atoms with van der Waals surface area (Å²) in [4.78, 5) is 7.24. The molecular formula is C14H21N3S. The Morgan fingerprint density at radius 2 is 2.11 bits per heavy atom. The molecule has 1 saturated heterocycles. The van der Waals surface area contributed by atoms with Gasteiger partial charge in [-0.15, -0.1) is 0 Å². The molecular weight excluding hydrogens is 242 g/mol. The normalized spacial score (nSPS) is 19.8. The van der Waals surface area contributed by atoms with Gasteiger partial charge in [-0.05, 0) is 30.9 Å². The lowest BCUT2D eigenvalue weighted by atomic mass is 10.2. The highest BCUT2D eigenvalue weighted by molar-refractivity contribution is 7.99. The van der Waals surface area contributed by atoms with Crippen LogP contribution in [-0.4, -0.2) is 47.6 Å². The van der Waals surface area contributed by atoms with Gasteiger partial charge in [0.15, 0.2) is 0 Å². The minimum absolute atomic E-state index is 1.01. The van der Waals surface area contributed by atoms with Crippen LogP contribution in [0.15, 0.2) is 12.1 Å². The molecule has 4 heteroatoms. The molecule has 2 aliphatic rings. The van der Waals surface area contributed by atoms with Crippen LogP contribution in [0.5, 0.6) is 0 Å². The Labute approximate surface area is 113 Å². The molecule has 2 heterocycles. The predicted octanol–water partition coefficient (Wildman–Crippen LogP) is 2.03. The Kier molecular flexibility index (Phi) is 4.06. The molecule has 0 bridgehead atoms. The number of aryl methyl sites for hydroxylation is 2. The van der Waals surface area contributed by atoms with Crippen LogP contribution < -0.4 is 5.32 Å². The zero-order chi connectivity index (χ0) is 12.2. The second-order valence-corrected chi connectivity index (χ2v) is 6.26. The second kappa shape index (κ2) is 5.93. The van der Waals surface area contributed by atoms with Gasteiger partial charge in [-0.2, -0.15) is 11.8 Å². The van der Waals surface area contributed by atoms with Crippen LogP contribution in [0.2, 0.25) is 0 Å². The van der Waals surface area contributed by atoms with Gasteiger partial charge in [0.25, 0.3) is 0 Å². The highest BCUT2D eigenvalue weighted by Gasteiger charge is 2.13. The Hall–Kier alpha value is -0.740. The van der Waals surface area contributed by atoms with Crippen molar-refractivity contribution < 1.29 is 0 Å². The Morgan fingerprint density at radius 3 is 3.00 bits per heavy atom. The van der Waals surface area contributed by atoms with E-state index in [0.717, 1.165) is 25.3 Å². The number of anilines is 1. The Balaban J connectivity index is 1.48. The molecule has 0 atom stereocenters. The van der Waals surface area contributed by atoms with E-state index in [1.807, 2.05) is 0 Å². The van der Waals surface area contributed by atoms with E-state index >= 15 is 0 Å². The van der Waals surface area contributed by atoms with Crippen molar-refractivity contribution in [1.29, 1.82) is 0 Å². The fourth-order valence-electron chi connectivity index (χ4n) is 2.69. The second-order valence-electron chi connectivity index (χ2n) is 5.04. The van der Waals surface area contributed by atoms with Gasteiger partial charge < -0.3 is 5.32 Å². The van der Waals surface area contributed by atoms with E-state index in [-0.39, 0.29) is 0 Å². The molecule has 98 valence electrons. The average Bonchev–Trinajstić information content (AvgIpc) is 2.87. The van der Waals surface area contributed by atoms with Crippen LogP contribution in [0.1, 0.15) is 17.7 Å². The van der Waals surface area contributed by atoms with Crippen LogP contribution in [0, 0.1) is 0 Å². The van der Waals surface area contributed by atoms with E-state index < -0.39 is 0 Å². The van der Waals surface area contributed by atoms with Gasteiger partial charge in [0.1, 0.15) is 5.82 Å². The highest BCUT2D eigenvalue weighted by Crippen LogP contribution is 2.21. The summed E-state index contributed by atoms with van der Waals surface area (Å²) in [5, 5.41) is 3.46. The van der Waals surface area contributed by atoms with Gasteiger partial charge in [0, 0.05) is 43.4 Å². The molecule has 1 aliphatic carbocycles. The first-order valence-electron chi connectivity index (χ1n) is 6.94. The van der Waals surface area contributed by atoms with Crippen molar-refractivity contribution in [3.63, 3.8) is 0 Å². The fourth-order valence-corrected chi connectivity index (χ4v) is 3.66. The van der Waals surface area contributed by atoms with Crippen LogP contribution in [0.25, 0.3) is 0 Å². The van der Waals surface area contributed by atoms with E-state index in [9.17, 15) is 0 Å². The summed E-state index contributed by atoms with van der Waals surface area (Å²) >= 11 is 2.07. The van der Waals surface area contributed by atoms with E-state index in [2.05, 4.69) is 34.1 Å². The molecule has 0 radical (unpaired) electrons. The molecule has 0 aromatic carbocycles. The first-order chi connectivity index (χ1) is 8.92. The van der Waals surface area contributed by atoms with E-state index in [1.54, 1.807) is 0 Å². The molecule has 1 N–H and O–H groups in total. The molecule has 0 unspecified atom stereocenters. The first kappa shape index (κ1) is 12.3. The third-order valence-corrected chi connectivity index (χ3v) is 4.71. The SMILES string of the molecule is c1cc2c(nc1NCCN1CCSCC1)CCC2. The number of pyridine rings is 1. The van der Waals surface area contributed by atoms with Crippen molar-refractivity contribution >= 4 is 17.6 Å². The number of nitrogens with zero attached hydrogens (tertiary/aromatic N) is 2. The number of fused-ring (bicyclic) bond motifs is 1. The smallest absolute Gasteiger partial charge is 0.126 e. The predicted molar refractivity (Wildman–Crippen MR) is 78.5 cm³/mol. The topological polar surface area (TPSA) is 28.2 Å². The number of hydrogen-bond acceptors (Lipinski definition) is 4. The molecule has 0 amide bonds. The van der Waals surface area contributed by atoms with Gasteiger partial charge >= 0.3 is 0 Å². The largest absolute Gasteiger partial charge is 0.369 e. The summed E-state index contributed by atoms with van der Waals surface area (Å²) < 4.78 is 0. The van der Waals surface area contributed by atoms with E-state index in [0.29, 0.717) is 0 Å². The minimum atomic E-state index is 1.01. The summed E-state index contributed by atoms with van der Waals surface area (Å²) in [6.07, 6.45) is 3.65. The first-order valence-corrected chi connectivity index (χ1v) is 8.10. The van der Waals surface area contributed by atoms with Crippen LogP contribution in [0.3, 0.4) is 0 Å². The van der Waals surface area contributed by atoms with Crippen molar-refractivity contribution in [2.75, 3.05) is 43.0 Å². The maximum Gasteiger partial charge on any atom is 0.126 e. The quantitative estimate of drug-likeness (QED) is 0.900. The van der Waals surface area contributed by atoms with Gasteiger partial charge in [-0.3, -0.25) is 4.90 Å². The molecule has 0 spiro atoms. The van der Waals surface area contributed by atoms with E-state index in [4.69, 9.17) is 4.98 Å². The minimum Gasteiger partial charge on any atom is -0.369 e. The number of thioether (sulfide) groups is 1. The monoisotopic (exact) mass is 263 g/mol. The third-order valence-electron chi connectivity index (χ3n) is 3.77. The molecule has 3 nitrogen and oxygen atoms in total. The summed E-state index contributed by atoms with van der Waals surface area (Å²) in [6, 6.07) is 4.38. The summed E-state index contributed by atoms with van der Waals surface area (Å²) in [6.45, 7) is 4.63. The maximum atomic E-state index is 4.70. The van der Waals surface area contributed by atoms with Crippen molar-refractivity contribution in [1.82, 2.24) is 9.88 Å². The standard InChI is InChI=1S/C14H21N3S/c1-2-12-4-5-14(16-13(12)3-1)15-6-7-17-8-10-18-11-9-17/h4-5H,1-3,6-11H2,(H,15,16). The van der Waals surface area contributed by atoms with Crippen LogP contribution >= 0.6 is 11.8 Å². The van der Waals surface area contributed by atoms with Crippen LogP contribution in [-0.2, 0) is 12.8 Å². The summed E-state index contributed by atoms with van der Waals surface area (Å²) in [7, 11) is 0. The highest BCUT2D eigenvalue weighted by atomic mass is 32.2. The lowest BCUT2D eigenvalue weighted by Crippen LogP contribution is -2.36. The molecule has 1 fully saturated rings. The molecule has 1 aliphatic heterocycles. The van der Waals surface area contributed by atoms with Crippen molar-refractivity contribution in [3.8, 4) is 0 Å². The maximum absolute atomic E-state index is 4.70. The molecule has 1 aromatic rings. The lowest BCUT2D eigenvalue weighted by Gasteiger charge is -2.26. The van der Waals surface area contributed by atoms with Gasteiger partial charge in [-0.25, -0.2) is 4.98 Å². The molecule has 3 rings (SSSR count). The van der Waals surface area contributed by atoms with Crippen molar-refractivity contribution in [2.45, 2.75) is 19.3 Å². The Morgan fingerprint density at radius 1 is 1.22 bits per heavy atom. The fraction of sp³-hybridized carbons (Fsp3) is 0.643. The number of nitrogens with one attached hydrogen (secondary N) is 1. The number of aromatic nitrogens is 1. The average molecular weight is 263 g/mol. The zero-order valence-corrected chi connectivity index (χ0v) is 11.6. The molecule has 1 aromatic heterocycles. The number of hydrogen-bond donors (Lipinski definition) is 1. The van der Waals surface area contributed by atoms with Gasteiger partial charge in [0.2, 0.25) is 0 Å². The molecule has 0 saturated carbocycles. The zero-order valence-electron chi connectivity index (χ0n) is 10.8. The van der Waals surface area contributed by atoms with Crippen LogP contribution in [0.4, 0.5) is 5.82 Å². The van der Waals surface area contributed by atoms with E-state index in [1.165, 1.54) is 48.7 Å². The van der Waals surface area contributed by atoms with Crippen molar-refractivity contribution in [3.05, 3.63) is 23.4 Å².